The molecule has 0 saturated heterocycles. The van der Waals surface area contributed by atoms with Crippen LogP contribution in [0.4, 0.5) is 17.1 Å². The SMILES string of the molecule is CCN(CC)c1ccc(NC(=O)CNc2cc(Cl)ccc2C)c(C)c1. The summed E-state index contributed by atoms with van der Waals surface area (Å²) in [6, 6.07) is 11.7. The Hall–Kier alpha value is -2.20. The molecule has 0 atom stereocenters. The van der Waals surface area contributed by atoms with Gasteiger partial charge in [0.05, 0.1) is 6.54 Å². The van der Waals surface area contributed by atoms with E-state index >= 15 is 0 Å². The van der Waals surface area contributed by atoms with Crippen molar-refractivity contribution in [2.24, 2.45) is 0 Å². The molecule has 0 saturated carbocycles. The lowest BCUT2D eigenvalue weighted by molar-refractivity contribution is -0.114. The number of rotatable bonds is 7. The van der Waals surface area contributed by atoms with E-state index in [-0.39, 0.29) is 12.5 Å². The van der Waals surface area contributed by atoms with Crippen LogP contribution in [0.15, 0.2) is 36.4 Å². The molecule has 2 aromatic rings. The highest BCUT2D eigenvalue weighted by Gasteiger charge is 2.08. The second-order valence-corrected chi connectivity index (χ2v) is 6.47. The highest BCUT2D eigenvalue weighted by atomic mass is 35.5. The predicted molar refractivity (Wildman–Crippen MR) is 108 cm³/mol. The average molecular weight is 360 g/mol. The molecule has 2 N–H and O–H groups in total. The van der Waals surface area contributed by atoms with E-state index in [2.05, 4.69) is 35.4 Å². The van der Waals surface area contributed by atoms with Gasteiger partial charge < -0.3 is 15.5 Å². The smallest absolute Gasteiger partial charge is 0.243 e. The number of anilines is 3. The summed E-state index contributed by atoms with van der Waals surface area (Å²) in [6.45, 7) is 10.4. The minimum atomic E-state index is -0.0851. The summed E-state index contributed by atoms with van der Waals surface area (Å²) >= 11 is 6.00. The maximum Gasteiger partial charge on any atom is 0.243 e. The number of hydrogen-bond acceptors (Lipinski definition) is 3. The Kier molecular flexibility index (Phi) is 6.71. The number of carbonyl (C=O) groups is 1. The first kappa shape index (κ1) is 19.1. The minimum Gasteiger partial charge on any atom is -0.376 e. The van der Waals surface area contributed by atoms with Crippen molar-refractivity contribution in [1.29, 1.82) is 0 Å². The summed E-state index contributed by atoms with van der Waals surface area (Å²) in [5.41, 5.74) is 4.99. The van der Waals surface area contributed by atoms with Crippen molar-refractivity contribution in [1.82, 2.24) is 0 Å². The summed E-state index contributed by atoms with van der Waals surface area (Å²) in [5.74, 6) is -0.0851. The molecule has 1 amide bonds. The molecule has 2 aromatic carbocycles. The molecule has 0 bridgehead atoms. The third-order valence-corrected chi connectivity index (χ3v) is 4.49. The number of aryl methyl sites for hydroxylation is 2. The van der Waals surface area contributed by atoms with Crippen LogP contribution in [-0.2, 0) is 4.79 Å². The van der Waals surface area contributed by atoms with E-state index in [1.807, 2.05) is 44.2 Å². The zero-order valence-corrected chi connectivity index (χ0v) is 16.1. The van der Waals surface area contributed by atoms with Gasteiger partial charge in [-0.1, -0.05) is 17.7 Å². The second-order valence-electron chi connectivity index (χ2n) is 6.03. The fourth-order valence-corrected chi connectivity index (χ4v) is 2.90. The molecule has 4 nitrogen and oxygen atoms in total. The van der Waals surface area contributed by atoms with Gasteiger partial charge in [0.1, 0.15) is 0 Å². The normalized spacial score (nSPS) is 10.4. The zero-order chi connectivity index (χ0) is 18.4. The molecule has 0 aliphatic carbocycles. The number of hydrogen-bond donors (Lipinski definition) is 2. The summed E-state index contributed by atoms with van der Waals surface area (Å²) in [5, 5.41) is 6.75. The van der Waals surface area contributed by atoms with Gasteiger partial charge in [-0.2, -0.15) is 0 Å². The molecular formula is C20H26ClN3O. The summed E-state index contributed by atoms with van der Waals surface area (Å²) < 4.78 is 0. The Labute approximate surface area is 155 Å². The highest BCUT2D eigenvalue weighted by molar-refractivity contribution is 6.30. The summed E-state index contributed by atoms with van der Waals surface area (Å²) in [4.78, 5) is 14.5. The Bertz CT molecular complexity index is 742. The van der Waals surface area contributed by atoms with Gasteiger partial charge in [0.15, 0.2) is 0 Å². The quantitative estimate of drug-likeness (QED) is 0.742. The van der Waals surface area contributed by atoms with E-state index in [9.17, 15) is 4.79 Å². The first-order valence-electron chi connectivity index (χ1n) is 8.60. The Morgan fingerprint density at radius 2 is 1.72 bits per heavy atom. The Morgan fingerprint density at radius 3 is 2.36 bits per heavy atom. The number of amides is 1. The Morgan fingerprint density at radius 1 is 1.00 bits per heavy atom. The Balaban J connectivity index is 1.99. The highest BCUT2D eigenvalue weighted by Crippen LogP contribution is 2.23. The van der Waals surface area contributed by atoms with Gasteiger partial charge in [0.2, 0.25) is 5.91 Å². The van der Waals surface area contributed by atoms with Crippen molar-refractivity contribution < 1.29 is 4.79 Å². The average Bonchev–Trinajstić information content (AvgIpc) is 2.59. The fourth-order valence-electron chi connectivity index (χ4n) is 2.73. The van der Waals surface area contributed by atoms with Crippen LogP contribution < -0.4 is 15.5 Å². The van der Waals surface area contributed by atoms with E-state index in [0.717, 1.165) is 35.6 Å². The van der Waals surface area contributed by atoms with Crippen LogP contribution in [0.5, 0.6) is 0 Å². The van der Waals surface area contributed by atoms with Crippen LogP contribution in [0.3, 0.4) is 0 Å². The van der Waals surface area contributed by atoms with Gasteiger partial charge in [-0.25, -0.2) is 0 Å². The van der Waals surface area contributed by atoms with Gasteiger partial charge in [-0.05, 0) is 69.2 Å². The molecular weight excluding hydrogens is 334 g/mol. The van der Waals surface area contributed by atoms with E-state index < -0.39 is 0 Å². The van der Waals surface area contributed by atoms with Crippen molar-refractivity contribution in [2.45, 2.75) is 27.7 Å². The number of carbonyl (C=O) groups excluding carboxylic acids is 1. The third-order valence-electron chi connectivity index (χ3n) is 4.25. The monoisotopic (exact) mass is 359 g/mol. The van der Waals surface area contributed by atoms with Crippen molar-refractivity contribution in [2.75, 3.05) is 35.2 Å². The zero-order valence-electron chi connectivity index (χ0n) is 15.3. The lowest BCUT2D eigenvalue weighted by Gasteiger charge is -2.22. The number of benzene rings is 2. The first-order chi connectivity index (χ1) is 11.9. The maximum absolute atomic E-state index is 12.2. The number of halogens is 1. The van der Waals surface area contributed by atoms with Crippen LogP contribution in [0, 0.1) is 13.8 Å². The van der Waals surface area contributed by atoms with E-state index in [4.69, 9.17) is 11.6 Å². The molecule has 0 heterocycles. The third kappa shape index (κ3) is 5.13. The van der Waals surface area contributed by atoms with Crippen LogP contribution in [0.1, 0.15) is 25.0 Å². The van der Waals surface area contributed by atoms with Gasteiger partial charge >= 0.3 is 0 Å². The van der Waals surface area contributed by atoms with Crippen LogP contribution in [-0.4, -0.2) is 25.5 Å². The molecule has 5 heteroatoms. The van der Waals surface area contributed by atoms with Crippen LogP contribution in [0.2, 0.25) is 5.02 Å². The number of nitrogens with zero attached hydrogens (tertiary/aromatic N) is 1. The van der Waals surface area contributed by atoms with Gasteiger partial charge in [0, 0.05) is 35.2 Å². The van der Waals surface area contributed by atoms with Gasteiger partial charge in [-0.15, -0.1) is 0 Å². The van der Waals surface area contributed by atoms with Crippen molar-refractivity contribution in [3.05, 3.63) is 52.5 Å². The summed E-state index contributed by atoms with van der Waals surface area (Å²) in [7, 11) is 0. The van der Waals surface area contributed by atoms with Gasteiger partial charge in [-0.3, -0.25) is 4.79 Å². The number of nitrogens with one attached hydrogen (secondary N) is 2. The molecule has 0 unspecified atom stereocenters. The summed E-state index contributed by atoms with van der Waals surface area (Å²) in [6.07, 6.45) is 0. The molecule has 2 rings (SSSR count). The molecule has 134 valence electrons. The molecule has 25 heavy (non-hydrogen) atoms. The van der Waals surface area contributed by atoms with E-state index in [0.29, 0.717) is 5.02 Å². The molecule has 0 aromatic heterocycles. The lowest BCUT2D eigenvalue weighted by Crippen LogP contribution is -2.23. The topological polar surface area (TPSA) is 44.4 Å². The molecule has 0 radical (unpaired) electrons. The van der Waals surface area contributed by atoms with Crippen molar-refractivity contribution in [3.8, 4) is 0 Å². The molecule has 0 fully saturated rings. The predicted octanol–water partition coefficient (Wildman–Crippen LogP) is 4.85. The van der Waals surface area contributed by atoms with Crippen molar-refractivity contribution in [3.63, 3.8) is 0 Å². The lowest BCUT2D eigenvalue weighted by atomic mass is 10.1. The molecule has 0 spiro atoms. The fraction of sp³-hybridized carbons (Fsp3) is 0.350. The minimum absolute atomic E-state index is 0.0851. The largest absolute Gasteiger partial charge is 0.376 e. The van der Waals surface area contributed by atoms with Crippen molar-refractivity contribution >= 4 is 34.6 Å². The first-order valence-corrected chi connectivity index (χ1v) is 8.97. The second kappa shape index (κ2) is 8.77. The van der Waals surface area contributed by atoms with Crippen LogP contribution >= 0.6 is 11.6 Å². The van der Waals surface area contributed by atoms with Crippen LogP contribution in [0.25, 0.3) is 0 Å². The molecule has 0 aliphatic heterocycles. The van der Waals surface area contributed by atoms with E-state index in [1.54, 1.807) is 0 Å². The van der Waals surface area contributed by atoms with E-state index in [1.165, 1.54) is 5.69 Å². The van der Waals surface area contributed by atoms with Gasteiger partial charge in [0.25, 0.3) is 0 Å². The molecule has 0 aliphatic rings. The standard InChI is InChI=1S/C20H26ClN3O/c1-5-24(6-2)17-9-10-18(15(4)11-17)23-20(25)13-22-19-12-16(21)8-7-14(19)3/h7-12,22H,5-6,13H2,1-4H3,(H,23,25). The maximum atomic E-state index is 12.2.